The summed E-state index contributed by atoms with van der Waals surface area (Å²) in [5.74, 6) is 0. The highest BCUT2D eigenvalue weighted by molar-refractivity contribution is 7.86. The van der Waals surface area contributed by atoms with E-state index in [1.54, 1.807) is 4.31 Å². The van der Waals surface area contributed by atoms with Gasteiger partial charge in [0.2, 0.25) is 0 Å². The maximum Gasteiger partial charge on any atom is 0.282 e. The van der Waals surface area contributed by atoms with Crippen molar-refractivity contribution in [2.24, 2.45) is 5.73 Å². The van der Waals surface area contributed by atoms with E-state index in [9.17, 15) is 8.42 Å². The lowest BCUT2D eigenvalue weighted by Crippen LogP contribution is -2.47. The molecule has 1 fully saturated rings. The summed E-state index contributed by atoms with van der Waals surface area (Å²) in [6.45, 7) is 2.32. The van der Waals surface area contributed by atoms with Crippen LogP contribution in [0.5, 0.6) is 0 Å². The van der Waals surface area contributed by atoms with Crippen molar-refractivity contribution < 1.29 is 8.42 Å². The fraction of sp³-hybridized carbons (Fsp3) is 0.571. The normalized spacial score (nSPS) is 17.5. The molecule has 0 atom stereocenters. The Bertz CT molecular complexity index is 498. The zero-order chi connectivity index (χ0) is 14.4. The molecule has 1 aliphatic heterocycles. The van der Waals surface area contributed by atoms with Crippen LogP contribution in [0.15, 0.2) is 30.3 Å². The highest BCUT2D eigenvalue weighted by Crippen LogP contribution is 2.18. The Balaban J connectivity index is 2.14. The minimum Gasteiger partial charge on any atom is -0.329 e. The molecule has 1 aromatic carbocycles. The SMILES string of the molecule is NCCN(Cc1ccccc1)S(=O)(=O)N1CCCCC1. The van der Waals surface area contributed by atoms with E-state index >= 15 is 0 Å². The molecule has 0 radical (unpaired) electrons. The Kier molecular flexibility index (Phi) is 5.54. The first-order valence-corrected chi connectivity index (χ1v) is 8.53. The van der Waals surface area contributed by atoms with Gasteiger partial charge in [0.1, 0.15) is 0 Å². The van der Waals surface area contributed by atoms with E-state index in [-0.39, 0.29) is 0 Å². The topological polar surface area (TPSA) is 66.6 Å². The molecular weight excluding hydrogens is 274 g/mol. The number of hydrogen-bond acceptors (Lipinski definition) is 3. The van der Waals surface area contributed by atoms with Crippen LogP contribution < -0.4 is 5.73 Å². The van der Waals surface area contributed by atoms with Gasteiger partial charge in [-0.2, -0.15) is 17.0 Å². The number of hydrogen-bond donors (Lipinski definition) is 1. The van der Waals surface area contributed by atoms with Gasteiger partial charge in [-0.15, -0.1) is 0 Å². The van der Waals surface area contributed by atoms with Crippen LogP contribution in [0, 0.1) is 0 Å². The lowest BCUT2D eigenvalue weighted by Gasteiger charge is -2.32. The molecule has 0 bridgehead atoms. The molecule has 1 aromatic rings. The molecule has 0 aromatic heterocycles. The van der Waals surface area contributed by atoms with Crippen molar-refractivity contribution >= 4 is 10.2 Å². The van der Waals surface area contributed by atoms with Gasteiger partial charge in [0.05, 0.1) is 0 Å². The average Bonchev–Trinajstić information content (AvgIpc) is 2.49. The fourth-order valence-corrected chi connectivity index (χ4v) is 4.16. The number of benzene rings is 1. The van der Waals surface area contributed by atoms with Crippen LogP contribution in [-0.4, -0.2) is 43.2 Å². The van der Waals surface area contributed by atoms with Gasteiger partial charge in [0, 0.05) is 32.7 Å². The first kappa shape index (κ1) is 15.4. The average molecular weight is 297 g/mol. The summed E-state index contributed by atoms with van der Waals surface area (Å²) in [5.41, 5.74) is 6.57. The predicted octanol–water partition coefficient (Wildman–Crippen LogP) is 1.18. The third-order valence-corrected chi connectivity index (χ3v) is 5.53. The van der Waals surface area contributed by atoms with Gasteiger partial charge in [0.25, 0.3) is 10.2 Å². The second-order valence-electron chi connectivity index (χ2n) is 5.08. The summed E-state index contributed by atoms with van der Waals surface area (Å²) in [5, 5.41) is 0. The molecule has 0 spiro atoms. The van der Waals surface area contributed by atoms with Crippen LogP contribution in [0.4, 0.5) is 0 Å². The Morgan fingerprint density at radius 2 is 1.75 bits per heavy atom. The summed E-state index contributed by atoms with van der Waals surface area (Å²) < 4.78 is 28.4. The van der Waals surface area contributed by atoms with Gasteiger partial charge >= 0.3 is 0 Å². The largest absolute Gasteiger partial charge is 0.329 e. The number of piperidine rings is 1. The Hall–Kier alpha value is -0.950. The summed E-state index contributed by atoms with van der Waals surface area (Å²) in [6.07, 6.45) is 3.00. The fourth-order valence-electron chi connectivity index (χ4n) is 2.47. The van der Waals surface area contributed by atoms with Gasteiger partial charge in [-0.25, -0.2) is 0 Å². The second kappa shape index (κ2) is 7.17. The molecule has 2 N–H and O–H groups in total. The minimum atomic E-state index is -3.40. The van der Waals surface area contributed by atoms with Gasteiger partial charge in [-0.1, -0.05) is 36.8 Å². The van der Waals surface area contributed by atoms with E-state index in [2.05, 4.69) is 0 Å². The van der Waals surface area contributed by atoms with Gasteiger partial charge in [0.15, 0.2) is 0 Å². The molecule has 0 aliphatic carbocycles. The molecule has 1 heterocycles. The first-order chi connectivity index (χ1) is 9.64. The van der Waals surface area contributed by atoms with E-state index in [0.29, 0.717) is 32.7 Å². The molecule has 1 saturated heterocycles. The molecule has 2 rings (SSSR count). The Morgan fingerprint density at radius 3 is 2.35 bits per heavy atom. The summed E-state index contributed by atoms with van der Waals surface area (Å²) >= 11 is 0. The zero-order valence-electron chi connectivity index (χ0n) is 11.7. The van der Waals surface area contributed by atoms with Crippen molar-refractivity contribution in [1.29, 1.82) is 0 Å². The van der Waals surface area contributed by atoms with Crippen molar-refractivity contribution in [2.75, 3.05) is 26.2 Å². The van der Waals surface area contributed by atoms with Crippen LogP contribution in [0.3, 0.4) is 0 Å². The molecule has 0 saturated carbocycles. The first-order valence-electron chi connectivity index (χ1n) is 7.14. The van der Waals surface area contributed by atoms with Crippen molar-refractivity contribution in [3.63, 3.8) is 0 Å². The lowest BCUT2D eigenvalue weighted by atomic mass is 10.2. The molecule has 1 aliphatic rings. The van der Waals surface area contributed by atoms with E-state index in [0.717, 1.165) is 24.8 Å². The lowest BCUT2D eigenvalue weighted by molar-refractivity contribution is 0.301. The highest BCUT2D eigenvalue weighted by atomic mass is 32.2. The monoisotopic (exact) mass is 297 g/mol. The van der Waals surface area contributed by atoms with Crippen LogP contribution in [0.25, 0.3) is 0 Å². The molecule has 112 valence electrons. The third-order valence-electron chi connectivity index (χ3n) is 3.55. The Morgan fingerprint density at radius 1 is 1.10 bits per heavy atom. The minimum absolute atomic E-state index is 0.333. The predicted molar refractivity (Wildman–Crippen MR) is 80.3 cm³/mol. The zero-order valence-corrected chi connectivity index (χ0v) is 12.6. The molecule has 0 amide bonds. The van der Waals surface area contributed by atoms with Gasteiger partial charge in [-0.05, 0) is 18.4 Å². The van der Waals surface area contributed by atoms with Gasteiger partial charge < -0.3 is 5.73 Å². The van der Waals surface area contributed by atoms with Crippen LogP contribution in [0.2, 0.25) is 0 Å². The second-order valence-corrected chi connectivity index (χ2v) is 7.00. The number of nitrogens with two attached hydrogens (primary N) is 1. The molecule has 20 heavy (non-hydrogen) atoms. The maximum atomic E-state index is 12.7. The molecule has 6 heteroatoms. The molecule has 5 nitrogen and oxygen atoms in total. The third kappa shape index (κ3) is 3.79. The van der Waals surface area contributed by atoms with E-state index < -0.39 is 10.2 Å². The highest BCUT2D eigenvalue weighted by Gasteiger charge is 2.30. The van der Waals surface area contributed by atoms with Crippen LogP contribution >= 0.6 is 0 Å². The quantitative estimate of drug-likeness (QED) is 0.857. The van der Waals surface area contributed by atoms with Crippen LogP contribution in [0.1, 0.15) is 24.8 Å². The summed E-state index contributed by atoms with van der Waals surface area (Å²) in [4.78, 5) is 0. The van der Waals surface area contributed by atoms with Gasteiger partial charge in [-0.3, -0.25) is 0 Å². The number of nitrogens with zero attached hydrogens (tertiary/aromatic N) is 2. The summed E-state index contributed by atoms with van der Waals surface area (Å²) in [6, 6.07) is 9.65. The smallest absolute Gasteiger partial charge is 0.282 e. The van der Waals surface area contributed by atoms with E-state index in [4.69, 9.17) is 5.73 Å². The van der Waals surface area contributed by atoms with Crippen molar-refractivity contribution in [3.8, 4) is 0 Å². The Labute approximate surface area is 121 Å². The maximum absolute atomic E-state index is 12.7. The summed E-state index contributed by atoms with van der Waals surface area (Å²) in [7, 11) is -3.40. The standard InChI is InChI=1S/C14H23N3O2S/c15-9-12-17(13-14-7-3-1-4-8-14)20(18,19)16-10-5-2-6-11-16/h1,3-4,7-8H,2,5-6,9-13,15H2. The molecule has 0 unspecified atom stereocenters. The van der Waals surface area contributed by atoms with Crippen molar-refractivity contribution in [2.45, 2.75) is 25.8 Å². The number of rotatable bonds is 6. The van der Waals surface area contributed by atoms with Crippen molar-refractivity contribution in [1.82, 2.24) is 8.61 Å². The van der Waals surface area contributed by atoms with E-state index in [1.807, 2.05) is 30.3 Å². The van der Waals surface area contributed by atoms with Crippen molar-refractivity contribution in [3.05, 3.63) is 35.9 Å². The van der Waals surface area contributed by atoms with E-state index in [1.165, 1.54) is 4.31 Å². The van der Waals surface area contributed by atoms with Crippen LogP contribution in [-0.2, 0) is 16.8 Å². The molecular formula is C14H23N3O2S.